The first-order chi connectivity index (χ1) is 17.0. The number of pyridine rings is 1. The highest BCUT2D eigenvalue weighted by Gasteiger charge is 2.15. The van der Waals surface area contributed by atoms with Gasteiger partial charge in [0.1, 0.15) is 0 Å². The van der Waals surface area contributed by atoms with E-state index in [0.717, 1.165) is 5.69 Å². The summed E-state index contributed by atoms with van der Waals surface area (Å²) in [5, 5.41) is 10.7. The number of nitrogens with one attached hydrogen (secondary N) is 2. The molecule has 4 rings (SSSR count). The summed E-state index contributed by atoms with van der Waals surface area (Å²) in [6.45, 7) is 2.68. The average Bonchev–Trinajstić information content (AvgIpc) is 2.87. The molecule has 2 heterocycles. The monoisotopic (exact) mass is 489 g/mol. The minimum absolute atomic E-state index is 0.185. The van der Waals surface area contributed by atoms with Gasteiger partial charge in [-0.05, 0) is 61.5 Å². The Labute approximate surface area is 207 Å². The molecule has 0 saturated heterocycles. The molecule has 0 aliphatic carbocycles. The van der Waals surface area contributed by atoms with Crippen LogP contribution in [-0.4, -0.2) is 33.8 Å². The number of aromatic nitrogens is 3. The minimum atomic E-state index is -0.394. The first-order valence-electron chi connectivity index (χ1n) is 11.1. The third-order valence-corrected chi connectivity index (χ3v) is 5.34. The number of amides is 1. The van der Waals surface area contributed by atoms with Gasteiger partial charge in [-0.3, -0.25) is 14.6 Å². The normalized spacial score (nSPS) is 10.6. The fourth-order valence-electron chi connectivity index (χ4n) is 3.41. The van der Waals surface area contributed by atoms with E-state index in [0.29, 0.717) is 47.3 Å². The number of hydrogen-bond donors (Lipinski definition) is 2. The van der Waals surface area contributed by atoms with Gasteiger partial charge in [-0.15, -0.1) is 0 Å². The van der Waals surface area contributed by atoms with E-state index >= 15 is 0 Å². The van der Waals surface area contributed by atoms with Crippen molar-refractivity contribution in [1.29, 1.82) is 0 Å². The van der Waals surface area contributed by atoms with Crippen LogP contribution < -0.4 is 20.9 Å². The summed E-state index contributed by atoms with van der Waals surface area (Å²) in [6, 6.07) is 19.4. The highest BCUT2D eigenvalue weighted by atomic mass is 35.5. The molecule has 0 aliphatic rings. The van der Waals surface area contributed by atoms with E-state index in [-0.39, 0.29) is 11.6 Å². The van der Waals surface area contributed by atoms with Crippen LogP contribution in [0.15, 0.2) is 83.9 Å². The summed E-state index contributed by atoms with van der Waals surface area (Å²) >= 11 is 6.08. The van der Waals surface area contributed by atoms with Crippen LogP contribution >= 0.6 is 11.6 Å². The van der Waals surface area contributed by atoms with Gasteiger partial charge >= 0.3 is 0 Å². The third-order valence-electron chi connectivity index (χ3n) is 5.10. The number of carbonyl (C=O) groups excluding carboxylic acids is 1. The first-order valence-corrected chi connectivity index (χ1v) is 11.5. The van der Waals surface area contributed by atoms with Crippen LogP contribution in [0.25, 0.3) is 5.69 Å². The molecule has 8 nitrogen and oxygen atoms in total. The van der Waals surface area contributed by atoms with Crippen molar-refractivity contribution in [3.63, 3.8) is 0 Å². The van der Waals surface area contributed by atoms with Crippen LogP contribution in [0.5, 0.6) is 5.75 Å². The van der Waals surface area contributed by atoms with Crippen LogP contribution in [0.4, 0.5) is 11.4 Å². The van der Waals surface area contributed by atoms with Gasteiger partial charge in [0.2, 0.25) is 0 Å². The van der Waals surface area contributed by atoms with Gasteiger partial charge in [0.05, 0.1) is 18.5 Å². The number of anilines is 2. The van der Waals surface area contributed by atoms with Crippen LogP contribution in [-0.2, 0) is 6.42 Å². The number of ether oxygens (including phenoxy) is 1. The molecule has 0 bridgehead atoms. The Morgan fingerprint density at radius 1 is 1.09 bits per heavy atom. The Morgan fingerprint density at radius 3 is 2.63 bits per heavy atom. The number of benzene rings is 2. The van der Waals surface area contributed by atoms with Crippen molar-refractivity contribution >= 4 is 28.9 Å². The maximum absolute atomic E-state index is 13.2. The van der Waals surface area contributed by atoms with E-state index in [4.69, 9.17) is 16.3 Å². The zero-order valence-electron chi connectivity index (χ0n) is 19.1. The molecule has 0 fully saturated rings. The molecule has 178 valence electrons. The van der Waals surface area contributed by atoms with Crippen molar-refractivity contribution in [2.24, 2.45) is 0 Å². The Balaban J connectivity index is 1.49. The summed E-state index contributed by atoms with van der Waals surface area (Å²) in [4.78, 5) is 30.0. The number of nitrogens with zero attached hydrogens (tertiary/aromatic N) is 3. The Morgan fingerprint density at radius 2 is 1.91 bits per heavy atom. The highest BCUT2D eigenvalue weighted by Crippen LogP contribution is 2.24. The molecule has 35 heavy (non-hydrogen) atoms. The van der Waals surface area contributed by atoms with Gasteiger partial charge in [0.25, 0.3) is 11.5 Å². The predicted octanol–water partition coefficient (Wildman–Crippen LogP) is 4.40. The van der Waals surface area contributed by atoms with Crippen LogP contribution in [0.1, 0.15) is 23.0 Å². The van der Waals surface area contributed by atoms with Crippen LogP contribution in [0.3, 0.4) is 0 Å². The van der Waals surface area contributed by atoms with E-state index in [9.17, 15) is 9.59 Å². The van der Waals surface area contributed by atoms with Gasteiger partial charge in [-0.1, -0.05) is 23.7 Å². The molecule has 0 atom stereocenters. The fraction of sp³-hybridized carbons (Fsp3) is 0.154. The van der Waals surface area contributed by atoms with Gasteiger partial charge in [0.15, 0.2) is 11.4 Å². The van der Waals surface area contributed by atoms with E-state index in [1.807, 2.05) is 25.1 Å². The van der Waals surface area contributed by atoms with E-state index in [1.165, 1.54) is 10.9 Å². The van der Waals surface area contributed by atoms with Crippen molar-refractivity contribution < 1.29 is 9.53 Å². The van der Waals surface area contributed by atoms with Gasteiger partial charge in [0, 0.05) is 41.1 Å². The Bertz CT molecular complexity index is 1360. The second-order valence-corrected chi connectivity index (χ2v) is 7.98. The highest BCUT2D eigenvalue weighted by molar-refractivity contribution is 6.30. The maximum Gasteiger partial charge on any atom is 0.299 e. The molecule has 2 N–H and O–H groups in total. The van der Waals surface area contributed by atoms with Gasteiger partial charge in [-0.25, -0.2) is 0 Å². The molecule has 0 spiro atoms. The molecular formula is C26H24ClN5O3. The zero-order valence-corrected chi connectivity index (χ0v) is 19.8. The van der Waals surface area contributed by atoms with Crippen LogP contribution in [0, 0.1) is 0 Å². The van der Waals surface area contributed by atoms with Crippen molar-refractivity contribution in [2.75, 3.05) is 18.5 Å². The molecule has 2 aromatic heterocycles. The minimum Gasteiger partial charge on any atom is -0.490 e. The molecule has 9 heteroatoms. The summed E-state index contributed by atoms with van der Waals surface area (Å²) in [6.07, 6.45) is 3.86. The van der Waals surface area contributed by atoms with Crippen LogP contribution in [0.2, 0.25) is 5.02 Å². The quantitative estimate of drug-likeness (QED) is 0.361. The van der Waals surface area contributed by atoms with Crippen molar-refractivity contribution in [3.05, 3.63) is 106 Å². The van der Waals surface area contributed by atoms with Gasteiger partial charge in [-0.2, -0.15) is 9.78 Å². The maximum atomic E-state index is 13.2. The lowest BCUT2D eigenvalue weighted by atomic mass is 10.2. The summed E-state index contributed by atoms with van der Waals surface area (Å²) in [7, 11) is 0. The summed E-state index contributed by atoms with van der Waals surface area (Å²) in [5.41, 5.74) is 2.41. The molecule has 4 aromatic rings. The van der Waals surface area contributed by atoms with Crippen molar-refractivity contribution in [1.82, 2.24) is 20.1 Å². The standard InChI is InChI=1S/C26H24ClN5O3/c1-2-35-23-17-30-32(22-8-5-6-19(27)16-22)26(34)24(23)31-21-11-9-18(10-12-21)25(33)29-15-13-20-7-3-4-14-28-20/h3-12,14,16-17,31H,2,13,15H2,1H3,(H,29,33). The Kier molecular flexibility index (Phi) is 7.74. The van der Waals surface area contributed by atoms with Crippen molar-refractivity contribution in [3.8, 4) is 11.4 Å². The first kappa shape index (κ1) is 24.0. The Hall–Kier alpha value is -4.17. The summed E-state index contributed by atoms with van der Waals surface area (Å²) < 4.78 is 6.86. The SMILES string of the molecule is CCOc1cnn(-c2cccc(Cl)c2)c(=O)c1Nc1ccc(C(=O)NCCc2ccccn2)cc1. The molecule has 0 saturated carbocycles. The number of hydrogen-bond acceptors (Lipinski definition) is 6. The predicted molar refractivity (Wildman–Crippen MR) is 136 cm³/mol. The number of carbonyl (C=O) groups is 1. The smallest absolute Gasteiger partial charge is 0.299 e. The third kappa shape index (κ3) is 6.04. The molecular weight excluding hydrogens is 466 g/mol. The van der Waals surface area contributed by atoms with Crippen molar-refractivity contribution in [2.45, 2.75) is 13.3 Å². The lowest BCUT2D eigenvalue weighted by Crippen LogP contribution is -2.26. The van der Waals surface area contributed by atoms with E-state index < -0.39 is 5.56 Å². The van der Waals surface area contributed by atoms with E-state index in [1.54, 1.807) is 54.7 Å². The second-order valence-electron chi connectivity index (χ2n) is 7.54. The molecule has 0 aliphatic heterocycles. The lowest BCUT2D eigenvalue weighted by molar-refractivity contribution is 0.0954. The topological polar surface area (TPSA) is 98.1 Å². The molecule has 2 aromatic carbocycles. The molecule has 0 unspecified atom stereocenters. The molecule has 0 radical (unpaired) electrons. The number of rotatable bonds is 9. The summed E-state index contributed by atoms with van der Waals surface area (Å²) in [5.74, 6) is 0.141. The van der Waals surface area contributed by atoms with E-state index in [2.05, 4.69) is 20.7 Å². The zero-order chi connectivity index (χ0) is 24.6. The lowest BCUT2D eigenvalue weighted by Gasteiger charge is -2.14. The number of halogens is 1. The molecule has 1 amide bonds. The average molecular weight is 490 g/mol. The largest absolute Gasteiger partial charge is 0.490 e. The fourth-order valence-corrected chi connectivity index (χ4v) is 3.60. The second kappa shape index (κ2) is 11.3. The van der Waals surface area contributed by atoms with Gasteiger partial charge < -0.3 is 15.4 Å².